The molecule has 1 aliphatic heterocycles. The molecule has 6 nitrogen and oxygen atoms in total. The molecule has 1 aromatic heterocycles. The number of amides is 2. The van der Waals surface area contributed by atoms with Crippen molar-refractivity contribution in [1.82, 2.24) is 0 Å². The number of fused-ring (bicyclic) bond motifs is 3. The van der Waals surface area contributed by atoms with Gasteiger partial charge in [0.05, 0.1) is 11.3 Å². The maximum Gasteiger partial charge on any atom is 0.343 e. The highest BCUT2D eigenvalue weighted by Crippen LogP contribution is 2.34. The van der Waals surface area contributed by atoms with E-state index in [1.54, 1.807) is 24.3 Å². The maximum atomic E-state index is 12.7. The molecule has 1 saturated heterocycles. The summed E-state index contributed by atoms with van der Waals surface area (Å²) in [5.74, 6) is 0.423. The molecule has 6 heteroatoms. The van der Waals surface area contributed by atoms with Crippen LogP contribution in [0.2, 0.25) is 0 Å². The summed E-state index contributed by atoms with van der Waals surface area (Å²) in [7, 11) is 0. The van der Waals surface area contributed by atoms with Crippen molar-refractivity contribution in [2.45, 2.75) is 38.5 Å². The number of imide groups is 1. The number of aryl methyl sites for hydroxylation is 2. The zero-order valence-electron chi connectivity index (χ0n) is 15.8. The number of esters is 1. The molecule has 1 fully saturated rings. The molecule has 1 aliphatic carbocycles. The number of ether oxygens (including phenoxy) is 1. The monoisotopic (exact) mass is 389 g/mol. The highest BCUT2D eigenvalue weighted by molar-refractivity contribution is 6.20. The molecule has 0 saturated carbocycles. The minimum Gasteiger partial charge on any atom is -0.461 e. The van der Waals surface area contributed by atoms with Crippen molar-refractivity contribution in [3.8, 4) is 5.75 Å². The van der Waals surface area contributed by atoms with Crippen molar-refractivity contribution >= 4 is 34.4 Å². The second-order valence-electron chi connectivity index (χ2n) is 7.43. The van der Waals surface area contributed by atoms with Crippen LogP contribution in [0.15, 0.2) is 46.9 Å². The lowest BCUT2D eigenvalue weighted by atomic mass is 9.96. The molecule has 146 valence electrons. The van der Waals surface area contributed by atoms with E-state index in [9.17, 15) is 14.4 Å². The van der Waals surface area contributed by atoms with Gasteiger partial charge in [0.2, 0.25) is 11.8 Å². The van der Waals surface area contributed by atoms with E-state index in [4.69, 9.17) is 9.15 Å². The third-order valence-electron chi connectivity index (χ3n) is 5.53. The lowest BCUT2D eigenvalue weighted by Crippen LogP contribution is -2.28. The number of hydrogen-bond acceptors (Lipinski definition) is 5. The number of anilines is 1. The highest BCUT2D eigenvalue weighted by atomic mass is 16.5. The number of benzene rings is 2. The Morgan fingerprint density at radius 3 is 2.55 bits per heavy atom. The van der Waals surface area contributed by atoms with Crippen molar-refractivity contribution < 1.29 is 23.5 Å². The van der Waals surface area contributed by atoms with Crippen LogP contribution in [0.25, 0.3) is 11.0 Å². The molecule has 2 heterocycles. The summed E-state index contributed by atoms with van der Waals surface area (Å²) >= 11 is 0. The molecule has 0 unspecified atom stereocenters. The SMILES string of the molecule is O=C(Oc1ccc2oc3c(c2c1)CCCC3)c1cccc(N2C(=O)CCC2=O)c1. The van der Waals surface area contributed by atoms with Gasteiger partial charge in [-0.05, 0) is 55.7 Å². The Kier molecular flexibility index (Phi) is 4.19. The minimum atomic E-state index is -0.539. The number of carbonyl (C=O) groups excluding carboxylic acids is 3. The van der Waals surface area contributed by atoms with Gasteiger partial charge >= 0.3 is 5.97 Å². The summed E-state index contributed by atoms with van der Waals surface area (Å²) in [5.41, 5.74) is 2.69. The molecule has 0 N–H and O–H groups in total. The van der Waals surface area contributed by atoms with E-state index in [0.717, 1.165) is 47.3 Å². The molecule has 2 aliphatic rings. The molecule has 29 heavy (non-hydrogen) atoms. The fraction of sp³-hybridized carbons (Fsp3) is 0.261. The Bertz CT molecular complexity index is 1140. The lowest BCUT2D eigenvalue weighted by Gasteiger charge is -2.14. The fourth-order valence-electron chi connectivity index (χ4n) is 4.11. The topological polar surface area (TPSA) is 76.8 Å². The van der Waals surface area contributed by atoms with Crippen LogP contribution in [-0.4, -0.2) is 17.8 Å². The lowest BCUT2D eigenvalue weighted by molar-refractivity contribution is -0.121. The number of rotatable bonds is 3. The maximum absolute atomic E-state index is 12.7. The first-order valence-electron chi connectivity index (χ1n) is 9.82. The van der Waals surface area contributed by atoms with E-state index < -0.39 is 5.97 Å². The number of carbonyl (C=O) groups is 3. The predicted molar refractivity (Wildman–Crippen MR) is 106 cm³/mol. The van der Waals surface area contributed by atoms with Gasteiger partial charge in [0.25, 0.3) is 0 Å². The van der Waals surface area contributed by atoms with Gasteiger partial charge in [-0.3, -0.25) is 14.5 Å². The molecule has 0 bridgehead atoms. The number of furan rings is 1. The Morgan fingerprint density at radius 1 is 0.931 bits per heavy atom. The average Bonchev–Trinajstić information content (AvgIpc) is 3.27. The van der Waals surface area contributed by atoms with E-state index in [1.807, 2.05) is 12.1 Å². The number of nitrogens with zero attached hydrogens (tertiary/aromatic N) is 1. The van der Waals surface area contributed by atoms with Crippen LogP contribution in [0.4, 0.5) is 5.69 Å². The highest BCUT2D eigenvalue weighted by Gasteiger charge is 2.30. The second-order valence-corrected chi connectivity index (χ2v) is 7.43. The normalized spacial score (nSPS) is 16.3. The summed E-state index contributed by atoms with van der Waals surface area (Å²) in [4.78, 5) is 37.7. The first-order valence-corrected chi connectivity index (χ1v) is 9.82. The van der Waals surface area contributed by atoms with Crippen molar-refractivity contribution in [2.24, 2.45) is 0 Å². The summed E-state index contributed by atoms with van der Waals surface area (Å²) in [6, 6.07) is 11.8. The van der Waals surface area contributed by atoms with Gasteiger partial charge in [-0.1, -0.05) is 6.07 Å². The summed E-state index contributed by atoms with van der Waals surface area (Å²) in [6.45, 7) is 0. The van der Waals surface area contributed by atoms with Gasteiger partial charge in [0.1, 0.15) is 17.1 Å². The smallest absolute Gasteiger partial charge is 0.343 e. The van der Waals surface area contributed by atoms with E-state index in [1.165, 1.54) is 11.6 Å². The summed E-state index contributed by atoms with van der Waals surface area (Å²) in [5, 5.41) is 0.993. The molecule has 0 radical (unpaired) electrons. The van der Waals surface area contributed by atoms with Gasteiger partial charge in [-0.15, -0.1) is 0 Å². The number of hydrogen-bond donors (Lipinski definition) is 0. The molecule has 0 atom stereocenters. The predicted octanol–water partition coefficient (Wildman–Crippen LogP) is 4.18. The van der Waals surface area contributed by atoms with Crippen LogP contribution in [-0.2, 0) is 22.4 Å². The quantitative estimate of drug-likeness (QED) is 0.381. The zero-order valence-corrected chi connectivity index (χ0v) is 15.8. The van der Waals surface area contributed by atoms with E-state index in [-0.39, 0.29) is 30.2 Å². The van der Waals surface area contributed by atoms with Crippen LogP contribution in [0, 0.1) is 0 Å². The van der Waals surface area contributed by atoms with Gasteiger partial charge in [-0.2, -0.15) is 0 Å². The molecular formula is C23H19NO5. The average molecular weight is 389 g/mol. The first-order chi connectivity index (χ1) is 14.1. The molecule has 5 rings (SSSR count). The van der Waals surface area contributed by atoms with Crippen molar-refractivity contribution in [1.29, 1.82) is 0 Å². The third-order valence-corrected chi connectivity index (χ3v) is 5.53. The Balaban J connectivity index is 1.41. The van der Waals surface area contributed by atoms with Crippen LogP contribution in [0.5, 0.6) is 5.75 Å². The summed E-state index contributed by atoms with van der Waals surface area (Å²) in [6.07, 6.45) is 4.57. The van der Waals surface area contributed by atoms with Gasteiger partial charge in [0.15, 0.2) is 0 Å². The van der Waals surface area contributed by atoms with Crippen LogP contribution in [0.1, 0.15) is 47.4 Å². The van der Waals surface area contributed by atoms with Crippen LogP contribution < -0.4 is 9.64 Å². The largest absolute Gasteiger partial charge is 0.461 e. The van der Waals surface area contributed by atoms with Crippen LogP contribution >= 0.6 is 0 Å². The van der Waals surface area contributed by atoms with Crippen molar-refractivity contribution in [2.75, 3.05) is 4.90 Å². The van der Waals surface area contributed by atoms with Gasteiger partial charge < -0.3 is 9.15 Å². The van der Waals surface area contributed by atoms with E-state index in [2.05, 4.69) is 0 Å². The van der Waals surface area contributed by atoms with Gasteiger partial charge in [0, 0.05) is 30.2 Å². The van der Waals surface area contributed by atoms with Crippen molar-refractivity contribution in [3.05, 3.63) is 59.4 Å². The molecule has 0 spiro atoms. The Labute approximate surface area is 167 Å². The zero-order chi connectivity index (χ0) is 20.0. The van der Waals surface area contributed by atoms with Crippen LogP contribution in [0.3, 0.4) is 0 Å². The second kappa shape index (κ2) is 6.88. The molecule has 2 amide bonds. The standard InChI is InChI=1S/C23H19NO5/c25-21-10-11-22(26)24(21)15-5-3-4-14(12-15)23(27)28-16-8-9-20-18(13-16)17-6-1-2-7-19(17)29-20/h3-5,8-9,12-13H,1-2,6-7,10-11H2. The van der Waals surface area contributed by atoms with Gasteiger partial charge in [-0.25, -0.2) is 4.79 Å². The van der Waals surface area contributed by atoms with Crippen molar-refractivity contribution in [3.63, 3.8) is 0 Å². The minimum absolute atomic E-state index is 0.197. The van der Waals surface area contributed by atoms with E-state index in [0.29, 0.717) is 11.4 Å². The molecule has 2 aromatic carbocycles. The first kappa shape index (κ1) is 17.7. The molecular weight excluding hydrogens is 370 g/mol. The summed E-state index contributed by atoms with van der Waals surface area (Å²) < 4.78 is 11.5. The third kappa shape index (κ3) is 3.10. The van der Waals surface area contributed by atoms with E-state index >= 15 is 0 Å². The Morgan fingerprint density at radius 2 is 1.72 bits per heavy atom. The fourth-order valence-corrected chi connectivity index (χ4v) is 4.11. The molecule has 3 aromatic rings. The Hall–Kier alpha value is -3.41.